The molecule has 0 aromatic heterocycles. The summed E-state index contributed by atoms with van der Waals surface area (Å²) in [7, 11) is 0. The minimum atomic E-state index is -0.254. The number of carbonyl (C=O) groups excluding carboxylic acids is 2. The summed E-state index contributed by atoms with van der Waals surface area (Å²) in [5.41, 5.74) is 6.94. The molecule has 0 spiro atoms. The van der Waals surface area contributed by atoms with Gasteiger partial charge in [-0.1, -0.05) is 12.1 Å². The number of nitrogens with zero attached hydrogens (tertiary/aromatic N) is 1. The predicted octanol–water partition coefficient (Wildman–Crippen LogP) is 1.59. The monoisotopic (exact) mass is 246 g/mol. The molecule has 0 radical (unpaired) electrons. The Labute approximate surface area is 107 Å². The Hall–Kier alpha value is -1.84. The van der Waals surface area contributed by atoms with E-state index in [-0.39, 0.29) is 11.8 Å². The summed E-state index contributed by atoms with van der Waals surface area (Å²) < 4.78 is 0. The van der Waals surface area contributed by atoms with E-state index in [4.69, 9.17) is 5.73 Å². The van der Waals surface area contributed by atoms with Gasteiger partial charge in [0.1, 0.15) is 0 Å². The molecule has 0 saturated carbocycles. The minimum Gasteiger partial charge on any atom is -0.369 e. The number of aldehydes is 1. The zero-order valence-electron chi connectivity index (χ0n) is 10.5. The van der Waals surface area contributed by atoms with Crippen LogP contribution in [0.25, 0.3) is 0 Å². The third-order valence-corrected chi connectivity index (χ3v) is 3.66. The maximum Gasteiger partial charge on any atom is 0.222 e. The molecule has 1 amide bonds. The summed E-state index contributed by atoms with van der Waals surface area (Å²) in [6.45, 7) is 2.71. The highest BCUT2D eigenvalue weighted by Gasteiger charge is 2.29. The summed E-state index contributed by atoms with van der Waals surface area (Å²) in [4.78, 5) is 24.5. The molecule has 1 heterocycles. The average molecular weight is 246 g/mol. The van der Waals surface area contributed by atoms with Crippen molar-refractivity contribution in [2.45, 2.75) is 25.8 Å². The molecule has 2 unspecified atom stereocenters. The highest BCUT2D eigenvalue weighted by Crippen LogP contribution is 2.29. The summed E-state index contributed by atoms with van der Waals surface area (Å²) in [6, 6.07) is 7.78. The van der Waals surface area contributed by atoms with Gasteiger partial charge < -0.3 is 10.6 Å². The van der Waals surface area contributed by atoms with Crippen LogP contribution in [0.5, 0.6) is 0 Å². The Morgan fingerprint density at radius 3 is 2.78 bits per heavy atom. The number of primary amides is 1. The summed E-state index contributed by atoms with van der Waals surface area (Å²) in [5.74, 6) is -0.378. The van der Waals surface area contributed by atoms with Crippen LogP contribution in [-0.4, -0.2) is 24.8 Å². The van der Waals surface area contributed by atoms with Crippen molar-refractivity contribution >= 4 is 17.9 Å². The van der Waals surface area contributed by atoms with Gasteiger partial charge in [0.25, 0.3) is 0 Å². The molecule has 1 aliphatic rings. The number of para-hydroxylation sites is 1. The standard InChI is InChI=1S/C14H18N2O2/c1-10-6-7-11(14(15)18)8-16(10)13-5-3-2-4-12(13)9-17/h2-5,9-11H,6-8H2,1H3,(H2,15,18). The largest absolute Gasteiger partial charge is 0.369 e. The molecule has 1 aromatic rings. The Morgan fingerprint density at radius 1 is 1.39 bits per heavy atom. The van der Waals surface area contributed by atoms with Crippen molar-refractivity contribution < 1.29 is 9.59 Å². The van der Waals surface area contributed by atoms with Crippen LogP contribution in [-0.2, 0) is 4.79 Å². The van der Waals surface area contributed by atoms with Crippen LogP contribution >= 0.6 is 0 Å². The highest BCUT2D eigenvalue weighted by molar-refractivity contribution is 5.85. The van der Waals surface area contributed by atoms with Gasteiger partial charge in [0.2, 0.25) is 5.91 Å². The fraction of sp³-hybridized carbons (Fsp3) is 0.429. The van der Waals surface area contributed by atoms with E-state index < -0.39 is 0 Å². The molecule has 18 heavy (non-hydrogen) atoms. The van der Waals surface area contributed by atoms with E-state index in [0.717, 1.165) is 24.8 Å². The van der Waals surface area contributed by atoms with Crippen molar-refractivity contribution in [3.05, 3.63) is 29.8 Å². The molecule has 0 bridgehead atoms. The Bertz CT molecular complexity index is 459. The van der Waals surface area contributed by atoms with Crippen LogP contribution in [0.3, 0.4) is 0 Å². The first-order valence-corrected chi connectivity index (χ1v) is 6.23. The molecular weight excluding hydrogens is 228 g/mol. The zero-order chi connectivity index (χ0) is 13.1. The molecule has 2 N–H and O–H groups in total. The first-order valence-electron chi connectivity index (χ1n) is 6.23. The number of hydrogen-bond acceptors (Lipinski definition) is 3. The summed E-state index contributed by atoms with van der Waals surface area (Å²) >= 11 is 0. The molecule has 96 valence electrons. The van der Waals surface area contributed by atoms with Gasteiger partial charge in [0, 0.05) is 23.8 Å². The van der Waals surface area contributed by atoms with Crippen molar-refractivity contribution in [1.82, 2.24) is 0 Å². The molecular formula is C14H18N2O2. The lowest BCUT2D eigenvalue weighted by Gasteiger charge is -2.39. The Kier molecular flexibility index (Phi) is 3.65. The van der Waals surface area contributed by atoms with Crippen LogP contribution in [0.2, 0.25) is 0 Å². The smallest absolute Gasteiger partial charge is 0.222 e. The topological polar surface area (TPSA) is 63.4 Å². The average Bonchev–Trinajstić information content (AvgIpc) is 2.39. The number of rotatable bonds is 3. The third kappa shape index (κ3) is 2.37. The molecule has 4 nitrogen and oxygen atoms in total. The van der Waals surface area contributed by atoms with Crippen LogP contribution in [0.15, 0.2) is 24.3 Å². The number of hydrogen-bond donors (Lipinski definition) is 1. The van der Waals surface area contributed by atoms with E-state index in [0.29, 0.717) is 18.2 Å². The van der Waals surface area contributed by atoms with E-state index in [9.17, 15) is 9.59 Å². The molecule has 2 rings (SSSR count). The van der Waals surface area contributed by atoms with Crippen molar-refractivity contribution in [3.8, 4) is 0 Å². The van der Waals surface area contributed by atoms with Gasteiger partial charge in [-0.3, -0.25) is 9.59 Å². The minimum absolute atomic E-state index is 0.124. The van der Waals surface area contributed by atoms with Crippen molar-refractivity contribution in [3.63, 3.8) is 0 Å². The van der Waals surface area contributed by atoms with E-state index in [1.807, 2.05) is 18.2 Å². The predicted molar refractivity (Wildman–Crippen MR) is 70.6 cm³/mol. The number of piperidine rings is 1. The van der Waals surface area contributed by atoms with E-state index in [2.05, 4.69) is 11.8 Å². The second-order valence-electron chi connectivity index (χ2n) is 4.85. The van der Waals surface area contributed by atoms with Crippen LogP contribution in [0.4, 0.5) is 5.69 Å². The molecule has 4 heteroatoms. The van der Waals surface area contributed by atoms with E-state index >= 15 is 0 Å². The lowest BCUT2D eigenvalue weighted by Crippen LogP contribution is -2.46. The second kappa shape index (κ2) is 5.21. The van der Waals surface area contributed by atoms with E-state index in [1.54, 1.807) is 6.07 Å². The van der Waals surface area contributed by atoms with Crippen LogP contribution in [0.1, 0.15) is 30.1 Å². The fourth-order valence-electron chi connectivity index (χ4n) is 2.52. The number of anilines is 1. The number of carbonyl (C=O) groups is 2. The Morgan fingerprint density at radius 2 is 2.11 bits per heavy atom. The van der Waals surface area contributed by atoms with Crippen molar-refractivity contribution in [2.24, 2.45) is 11.7 Å². The van der Waals surface area contributed by atoms with Gasteiger partial charge in [0.15, 0.2) is 6.29 Å². The van der Waals surface area contributed by atoms with Gasteiger partial charge >= 0.3 is 0 Å². The maximum absolute atomic E-state index is 11.3. The summed E-state index contributed by atoms with van der Waals surface area (Å²) in [6.07, 6.45) is 2.60. The molecule has 2 atom stereocenters. The van der Waals surface area contributed by atoms with Gasteiger partial charge in [-0.15, -0.1) is 0 Å². The number of amides is 1. The van der Waals surface area contributed by atoms with Crippen molar-refractivity contribution in [2.75, 3.05) is 11.4 Å². The normalized spacial score (nSPS) is 23.7. The second-order valence-corrected chi connectivity index (χ2v) is 4.85. The fourth-order valence-corrected chi connectivity index (χ4v) is 2.52. The number of benzene rings is 1. The Balaban J connectivity index is 2.29. The first-order chi connectivity index (χ1) is 8.63. The van der Waals surface area contributed by atoms with Gasteiger partial charge in [-0.05, 0) is 31.9 Å². The molecule has 1 saturated heterocycles. The number of nitrogens with two attached hydrogens (primary N) is 1. The first kappa shape index (κ1) is 12.6. The zero-order valence-corrected chi connectivity index (χ0v) is 10.5. The van der Waals surface area contributed by atoms with Crippen LogP contribution in [0, 0.1) is 5.92 Å². The SMILES string of the molecule is CC1CCC(C(N)=O)CN1c1ccccc1C=O. The lowest BCUT2D eigenvalue weighted by atomic mass is 9.92. The lowest BCUT2D eigenvalue weighted by molar-refractivity contribution is -0.122. The van der Waals surface area contributed by atoms with Crippen molar-refractivity contribution in [1.29, 1.82) is 0 Å². The third-order valence-electron chi connectivity index (χ3n) is 3.66. The van der Waals surface area contributed by atoms with Gasteiger partial charge in [0.05, 0.1) is 5.92 Å². The quantitative estimate of drug-likeness (QED) is 0.824. The molecule has 1 aliphatic heterocycles. The maximum atomic E-state index is 11.3. The van der Waals surface area contributed by atoms with Crippen LogP contribution < -0.4 is 10.6 Å². The molecule has 1 aromatic carbocycles. The van der Waals surface area contributed by atoms with Gasteiger partial charge in [-0.2, -0.15) is 0 Å². The molecule has 1 fully saturated rings. The van der Waals surface area contributed by atoms with Gasteiger partial charge in [-0.25, -0.2) is 0 Å². The van der Waals surface area contributed by atoms with E-state index in [1.165, 1.54) is 0 Å². The summed E-state index contributed by atoms with van der Waals surface area (Å²) in [5, 5.41) is 0. The molecule has 0 aliphatic carbocycles. The highest BCUT2D eigenvalue weighted by atomic mass is 16.1.